The molecule has 0 aliphatic carbocycles. The van der Waals surface area contributed by atoms with E-state index >= 15 is 0 Å². The van der Waals surface area contributed by atoms with Crippen molar-refractivity contribution >= 4 is 5.97 Å². The molecule has 0 aliphatic heterocycles. The molecule has 0 radical (unpaired) electrons. The average Bonchev–Trinajstić information content (AvgIpc) is 2.32. The molecular formula is C16H33NO2. The predicted molar refractivity (Wildman–Crippen MR) is 81.2 cm³/mol. The summed E-state index contributed by atoms with van der Waals surface area (Å²) in [5.74, 6) is -0.0444. The van der Waals surface area contributed by atoms with Gasteiger partial charge in [0.05, 0.1) is 5.41 Å². The highest BCUT2D eigenvalue weighted by Crippen LogP contribution is 2.37. The Bertz CT molecular complexity index is 266. The highest BCUT2D eigenvalue weighted by atomic mass is 16.5. The highest BCUT2D eigenvalue weighted by Gasteiger charge is 2.36. The van der Waals surface area contributed by atoms with E-state index in [-0.39, 0.29) is 16.8 Å². The van der Waals surface area contributed by atoms with Gasteiger partial charge in [-0.1, -0.05) is 41.5 Å². The summed E-state index contributed by atoms with van der Waals surface area (Å²) in [6.45, 7) is 18.2. The lowest BCUT2D eigenvalue weighted by atomic mass is 9.73. The number of hydrogen-bond donors (Lipinski definition) is 0. The Morgan fingerprint density at radius 1 is 1.05 bits per heavy atom. The van der Waals surface area contributed by atoms with E-state index in [0.29, 0.717) is 6.61 Å². The van der Waals surface area contributed by atoms with Gasteiger partial charge in [-0.2, -0.15) is 0 Å². The Hall–Kier alpha value is -0.570. The van der Waals surface area contributed by atoms with E-state index in [1.807, 2.05) is 6.92 Å². The highest BCUT2D eigenvalue weighted by molar-refractivity contribution is 5.76. The molecular weight excluding hydrogens is 238 g/mol. The zero-order valence-electron chi connectivity index (χ0n) is 14.0. The van der Waals surface area contributed by atoms with Crippen LogP contribution in [-0.4, -0.2) is 37.1 Å². The molecule has 0 heterocycles. The van der Waals surface area contributed by atoms with Crippen LogP contribution in [0.1, 0.15) is 61.3 Å². The Morgan fingerprint density at radius 2 is 1.58 bits per heavy atom. The molecule has 0 saturated carbocycles. The average molecular weight is 271 g/mol. The summed E-state index contributed by atoms with van der Waals surface area (Å²) in [5, 5.41) is 0. The maximum absolute atomic E-state index is 12.3. The van der Waals surface area contributed by atoms with Gasteiger partial charge in [0.2, 0.25) is 0 Å². The Labute approximate surface area is 119 Å². The first-order valence-corrected chi connectivity index (χ1v) is 7.58. The van der Waals surface area contributed by atoms with E-state index in [2.05, 4.69) is 46.4 Å². The second-order valence-electron chi connectivity index (χ2n) is 6.81. The minimum atomic E-state index is -0.360. The van der Waals surface area contributed by atoms with Gasteiger partial charge in [-0.3, -0.25) is 4.79 Å². The van der Waals surface area contributed by atoms with Gasteiger partial charge in [0.1, 0.15) is 6.61 Å². The molecule has 0 aliphatic rings. The van der Waals surface area contributed by atoms with Gasteiger partial charge >= 0.3 is 5.97 Å². The van der Waals surface area contributed by atoms with Crippen LogP contribution in [0, 0.1) is 10.8 Å². The summed E-state index contributed by atoms with van der Waals surface area (Å²) in [7, 11) is 0. The second-order valence-corrected chi connectivity index (χ2v) is 6.81. The van der Waals surface area contributed by atoms with E-state index < -0.39 is 0 Å². The van der Waals surface area contributed by atoms with Crippen molar-refractivity contribution in [2.45, 2.75) is 61.3 Å². The number of carbonyl (C=O) groups excluding carboxylic acids is 1. The number of ether oxygens (including phenoxy) is 1. The molecule has 19 heavy (non-hydrogen) atoms. The molecule has 0 aromatic carbocycles. The first kappa shape index (κ1) is 18.4. The van der Waals surface area contributed by atoms with Crippen molar-refractivity contribution < 1.29 is 9.53 Å². The molecule has 3 heteroatoms. The van der Waals surface area contributed by atoms with E-state index in [4.69, 9.17) is 4.74 Å². The lowest BCUT2D eigenvalue weighted by molar-refractivity contribution is -0.157. The molecule has 0 N–H and O–H groups in total. The summed E-state index contributed by atoms with van der Waals surface area (Å²) in [5.41, 5.74) is -0.218. The Balaban J connectivity index is 4.36. The van der Waals surface area contributed by atoms with Crippen LogP contribution in [0.5, 0.6) is 0 Å². The van der Waals surface area contributed by atoms with Gasteiger partial charge in [0.15, 0.2) is 0 Å². The van der Waals surface area contributed by atoms with Crippen molar-refractivity contribution in [3.05, 3.63) is 0 Å². The maximum atomic E-state index is 12.3. The van der Waals surface area contributed by atoms with Gasteiger partial charge in [0.25, 0.3) is 0 Å². The number of hydrogen-bond acceptors (Lipinski definition) is 3. The summed E-state index contributed by atoms with van der Waals surface area (Å²) >= 11 is 0. The van der Waals surface area contributed by atoms with Crippen molar-refractivity contribution in [3.8, 4) is 0 Å². The van der Waals surface area contributed by atoms with Crippen molar-refractivity contribution in [2.24, 2.45) is 10.8 Å². The lowest BCUT2D eigenvalue weighted by Crippen LogP contribution is -2.35. The second kappa shape index (κ2) is 7.88. The summed E-state index contributed by atoms with van der Waals surface area (Å²) in [6, 6.07) is 0. The van der Waals surface area contributed by atoms with Gasteiger partial charge in [-0.05, 0) is 38.3 Å². The standard InChI is InChI=1S/C16H33NO2/c1-8-16(7,13-15(4,5)6)14(18)19-12-11-17(9-2)10-3/h8-13H2,1-7H3. The van der Waals surface area contributed by atoms with Crippen LogP contribution >= 0.6 is 0 Å². The van der Waals surface area contributed by atoms with Crippen LogP contribution in [0.4, 0.5) is 0 Å². The fraction of sp³-hybridized carbons (Fsp3) is 0.938. The van der Waals surface area contributed by atoms with Crippen molar-refractivity contribution in [1.82, 2.24) is 4.90 Å². The molecule has 0 aromatic rings. The molecule has 0 spiro atoms. The zero-order valence-corrected chi connectivity index (χ0v) is 14.0. The number of carbonyl (C=O) groups is 1. The van der Waals surface area contributed by atoms with E-state index in [9.17, 15) is 4.79 Å². The molecule has 0 rings (SSSR count). The fourth-order valence-corrected chi connectivity index (χ4v) is 2.49. The number of esters is 1. The molecule has 0 fully saturated rings. The Morgan fingerprint density at radius 3 is 1.95 bits per heavy atom. The smallest absolute Gasteiger partial charge is 0.311 e. The van der Waals surface area contributed by atoms with Crippen LogP contribution in [0.3, 0.4) is 0 Å². The molecule has 0 saturated heterocycles. The van der Waals surface area contributed by atoms with Crippen molar-refractivity contribution in [3.63, 3.8) is 0 Å². The third kappa shape index (κ3) is 6.95. The fourth-order valence-electron chi connectivity index (χ4n) is 2.49. The largest absolute Gasteiger partial charge is 0.464 e. The van der Waals surface area contributed by atoms with Crippen molar-refractivity contribution in [2.75, 3.05) is 26.2 Å². The van der Waals surface area contributed by atoms with Crippen LogP contribution in [0.25, 0.3) is 0 Å². The van der Waals surface area contributed by atoms with Crippen molar-refractivity contribution in [1.29, 1.82) is 0 Å². The summed E-state index contributed by atoms with van der Waals surface area (Å²) in [6.07, 6.45) is 1.69. The molecule has 0 aromatic heterocycles. The van der Waals surface area contributed by atoms with Crippen LogP contribution in [-0.2, 0) is 9.53 Å². The third-order valence-electron chi connectivity index (χ3n) is 3.73. The normalized spacial score (nSPS) is 15.4. The summed E-state index contributed by atoms with van der Waals surface area (Å²) < 4.78 is 5.50. The van der Waals surface area contributed by atoms with Gasteiger partial charge in [-0.15, -0.1) is 0 Å². The number of rotatable bonds is 8. The molecule has 1 atom stereocenters. The van der Waals surface area contributed by atoms with E-state index in [1.54, 1.807) is 0 Å². The van der Waals surface area contributed by atoms with E-state index in [0.717, 1.165) is 32.5 Å². The van der Waals surface area contributed by atoms with Gasteiger partial charge < -0.3 is 9.64 Å². The summed E-state index contributed by atoms with van der Waals surface area (Å²) in [4.78, 5) is 14.6. The Kier molecular flexibility index (Phi) is 7.65. The topological polar surface area (TPSA) is 29.5 Å². The third-order valence-corrected chi connectivity index (χ3v) is 3.73. The van der Waals surface area contributed by atoms with Crippen LogP contribution < -0.4 is 0 Å². The van der Waals surface area contributed by atoms with E-state index in [1.165, 1.54) is 0 Å². The predicted octanol–water partition coefficient (Wildman–Crippen LogP) is 3.72. The molecule has 0 amide bonds. The minimum absolute atomic E-state index is 0.0444. The van der Waals surface area contributed by atoms with Crippen LogP contribution in [0.15, 0.2) is 0 Å². The lowest BCUT2D eigenvalue weighted by Gasteiger charge is -2.33. The van der Waals surface area contributed by atoms with Crippen LogP contribution in [0.2, 0.25) is 0 Å². The van der Waals surface area contributed by atoms with Gasteiger partial charge in [0, 0.05) is 6.54 Å². The molecule has 114 valence electrons. The minimum Gasteiger partial charge on any atom is -0.464 e. The first-order valence-electron chi connectivity index (χ1n) is 7.58. The number of likely N-dealkylation sites (N-methyl/N-ethyl adjacent to an activating group) is 1. The molecule has 3 nitrogen and oxygen atoms in total. The quantitative estimate of drug-likeness (QED) is 0.630. The molecule has 1 unspecified atom stereocenters. The monoisotopic (exact) mass is 271 g/mol. The molecule has 0 bridgehead atoms. The zero-order chi connectivity index (χ0) is 15.1. The van der Waals surface area contributed by atoms with Gasteiger partial charge in [-0.25, -0.2) is 0 Å². The first-order chi connectivity index (χ1) is 8.68. The SMILES string of the molecule is CCN(CC)CCOC(=O)C(C)(CC)CC(C)(C)C. The maximum Gasteiger partial charge on any atom is 0.311 e. The number of nitrogens with zero attached hydrogens (tertiary/aromatic N) is 1.